The van der Waals surface area contributed by atoms with Crippen molar-refractivity contribution in [2.75, 3.05) is 0 Å². The van der Waals surface area contributed by atoms with E-state index in [0.717, 1.165) is 33.4 Å². The third kappa shape index (κ3) is 5.02. The number of carbonyl (C=O) groups excluding carboxylic acids is 2. The molecule has 0 aliphatic carbocycles. The minimum Gasteiger partial charge on any atom is -0.422 e. The van der Waals surface area contributed by atoms with E-state index in [1.54, 1.807) is 24.3 Å². The second-order valence-corrected chi connectivity index (χ2v) is 11.6. The first-order valence-electron chi connectivity index (χ1n) is 12.1. The van der Waals surface area contributed by atoms with Gasteiger partial charge in [0.25, 0.3) is 0 Å². The lowest BCUT2D eigenvalue weighted by atomic mass is 9.81. The Morgan fingerprint density at radius 3 is 1.26 bits per heavy atom. The Bertz CT molecular complexity index is 1210. The summed E-state index contributed by atoms with van der Waals surface area (Å²) in [6, 6.07) is 14.8. The molecule has 0 N–H and O–H groups in total. The highest BCUT2D eigenvalue weighted by atomic mass is 16.5. The van der Waals surface area contributed by atoms with E-state index in [4.69, 9.17) is 9.47 Å². The van der Waals surface area contributed by atoms with Crippen LogP contribution in [0.25, 0.3) is 0 Å². The number of rotatable bonds is 0. The number of esters is 2. The maximum atomic E-state index is 13.2. The highest BCUT2D eigenvalue weighted by Gasteiger charge is 2.29. The quantitative estimate of drug-likeness (QED) is 0.257. The van der Waals surface area contributed by atoms with Crippen molar-refractivity contribution < 1.29 is 19.1 Å². The van der Waals surface area contributed by atoms with Gasteiger partial charge in [-0.1, -0.05) is 76.9 Å². The van der Waals surface area contributed by atoms with Crippen molar-refractivity contribution in [3.63, 3.8) is 0 Å². The van der Waals surface area contributed by atoms with E-state index in [1.807, 2.05) is 0 Å². The van der Waals surface area contributed by atoms with E-state index in [9.17, 15) is 9.59 Å². The summed E-state index contributed by atoms with van der Waals surface area (Å²) in [6.07, 6.45) is 0.465. The summed E-state index contributed by atoms with van der Waals surface area (Å²) in [6.45, 7) is 16.8. The molecule has 2 aliphatic heterocycles. The second-order valence-electron chi connectivity index (χ2n) is 11.6. The van der Waals surface area contributed by atoms with Gasteiger partial charge in [-0.25, -0.2) is 9.59 Å². The Morgan fingerprint density at radius 2 is 0.943 bits per heavy atom. The van der Waals surface area contributed by atoms with Crippen molar-refractivity contribution in [3.8, 4) is 11.5 Å². The minimum atomic E-state index is -0.445. The molecule has 0 spiro atoms. The van der Waals surface area contributed by atoms with Crippen LogP contribution in [-0.4, -0.2) is 11.9 Å². The topological polar surface area (TPSA) is 52.6 Å². The van der Waals surface area contributed by atoms with Crippen LogP contribution in [0.4, 0.5) is 0 Å². The molecule has 2 bridgehead atoms. The zero-order chi connectivity index (χ0) is 25.7. The fraction of sp³-hybridized carbons (Fsp3) is 0.355. The number of carbonyl (C=O) groups is 2. The molecule has 2 aliphatic rings. The highest BCUT2D eigenvalue weighted by Crippen LogP contribution is 2.41. The fourth-order valence-corrected chi connectivity index (χ4v) is 4.57. The lowest BCUT2D eigenvalue weighted by Crippen LogP contribution is -2.19. The molecule has 0 fully saturated rings. The molecule has 0 aromatic heterocycles. The first-order valence-corrected chi connectivity index (χ1v) is 12.1. The number of benzene rings is 3. The Hall–Kier alpha value is -3.40. The molecular formula is C31H34O4. The summed E-state index contributed by atoms with van der Waals surface area (Å²) in [7, 11) is 0. The van der Waals surface area contributed by atoms with Gasteiger partial charge in [0.05, 0.1) is 11.1 Å². The lowest BCUT2D eigenvalue weighted by molar-refractivity contribution is 0.0718. The van der Waals surface area contributed by atoms with Crippen LogP contribution in [0.15, 0.2) is 48.5 Å². The van der Waals surface area contributed by atoms with Gasteiger partial charge in [0.15, 0.2) is 0 Å². The molecule has 5 rings (SSSR count). The fourth-order valence-electron chi connectivity index (χ4n) is 4.57. The van der Waals surface area contributed by atoms with E-state index >= 15 is 0 Å². The standard InChI is InChI=1S/C31H34O4/c1-18-13-22-17-23-14-19(2)16-25(31(6,7)8)27(23)35-29(33)21-11-9-20(10-12-21)28(32)34-26(22)24(15-18)30(3,4)5/h9-16H,17H2,1-8H3. The smallest absolute Gasteiger partial charge is 0.343 e. The molecule has 0 saturated carbocycles. The lowest BCUT2D eigenvalue weighted by Gasteiger charge is -2.27. The third-order valence-electron chi connectivity index (χ3n) is 6.36. The SMILES string of the molecule is Cc1cc2c(c(C(C)(C)C)c1)OC(=O)c1ccc(cc1)C(=O)Oc1c(cc(C)cc1C(C)(C)C)C2. The number of hydrogen-bond donors (Lipinski definition) is 0. The highest BCUT2D eigenvalue weighted by molar-refractivity contribution is 5.95. The molecule has 4 heteroatoms. The normalized spacial score (nSPS) is 14.2. The van der Waals surface area contributed by atoms with E-state index in [0.29, 0.717) is 29.0 Å². The molecular weight excluding hydrogens is 436 g/mol. The zero-order valence-electron chi connectivity index (χ0n) is 22.0. The predicted octanol–water partition coefficient (Wildman–Crippen LogP) is 7.24. The Labute approximate surface area is 208 Å². The summed E-state index contributed by atoms with van der Waals surface area (Å²) in [5, 5.41) is 0. The van der Waals surface area contributed by atoms with Crippen LogP contribution in [0.3, 0.4) is 0 Å². The molecule has 2 heterocycles. The second kappa shape index (κ2) is 8.67. The first-order chi connectivity index (χ1) is 16.2. The molecule has 0 amide bonds. The van der Waals surface area contributed by atoms with Crippen LogP contribution in [0.2, 0.25) is 0 Å². The molecule has 0 saturated heterocycles. The van der Waals surface area contributed by atoms with Gasteiger partial charge in [-0.3, -0.25) is 0 Å². The Balaban J connectivity index is 2.05. The van der Waals surface area contributed by atoms with Gasteiger partial charge < -0.3 is 9.47 Å². The van der Waals surface area contributed by atoms with Crippen molar-refractivity contribution in [1.82, 2.24) is 0 Å². The van der Waals surface area contributed by atoms with Crippen LogP contribution >= 0.6 is 0 Å². The molecule has 0 radical (unpaired) electrons. The van der Waals surface area contributed by atoms with Gasteiger partial charge >= 0.3 is 11.9 Å². The minimum absolute atomic E-state index is 0.243. The van der Waals surface area contributed by atoms with Crippen LogP contribution in [0.5, 0.6) is 11.5 Å². The molecule has 4 nitrogen and oxygen atoms in total. The molecule has 35 heavy (non-hydrogen) atoms. The first kappa shape index (κ1) is 24.7. The van der Waals surface area contributed by atoms with E-state index < -0.39 is 11.9 Å². The number of ether oxygens (including phenoxy) is 2. The number of hydrogen-bond acceptors (Lipinski definition) is 4. The average Bonchev–Trinajstić information content (AvgIpc) is 2.75. The number of fused-ring (bicyclic) bond motifs is 4. The Morgan fingerprint density at radius 1 is 0.600 bits per heavy atom. The summed E-state index contributed by atoms with van der Waals surface area (Å²) in [4.78, 5) is 26.4. The maximum Gasteiger partial charge on any atom is 0.343 e. The average molecular weight is 471 g/mol. The van der Waals surface area contributed by atoms with Gasteiger partial charge in [0.2, 0.25) is 0 Å². The van der Waals surface area contributed by atoms with Crippen LogP contribution < -0.4 is 9.47 Å². The van der Waals surface area contributed by atoms with E-state index in [1.165, 1.54) is 0 Å². The van der Waals surface area contributed by atoms with Gasteiger partial charge in [0, 0.05) is 28.7 Å². The van der Waals surface area contributed by atoms with Gasteiger partial charge in [-0.15, -0.1) is 0 Å². The van der Waals surface area contributed by atoms with E-state index in [2.05, 4.69) is 79.7 Å². The summed E-state index contributed by atoms with van der Waals surface area (Å²) < 4.78 is 12.2. The van der Waals surface area contributed by atoms with Crippen molar-refractivity contribution in [3.05, 3.63) is 93.0 Å². The van der Waals surface area contributed by atoms with Crippen molar-refractivity contribution >= 4 is 11.9 Å². The molecule has 3 aromatic rings. The van der Waals surface area contributed by atoms with Gasteiger partial charge in [0.1, 0.15) is 11.5 Å². The summed E-state index contributed by atoms with van der Waals surface area (Å²) in [5.74, 6) is 0.263. The largest absolute Gasteiger partial charge is 0.422 e. The molecule has 0 unspecified atom stereocenters. The van der Waals surface area contributed by atoms with Crippen LogP contribution in [0, 0.1) is 13.8 Å². The predicted molar refractivity (Wildman–Crippen MR) is 139 cm³/mol. The molecule has 0 atom stereocenters. The van der Waals surface area contributed by atoms with Gasteiger partial charge in [-0.05, 0) is 48.9 Å². The van der Waals surface area contributed by atoms with Crippen LogP contribution in [0.1, 0.15) is 95.6 Å². The van der Waals surface area contributed by atoms with Crippen LogP contribution in [-0.2, 0) is 17.3 Å². The third-order valence-corrected chi connectivity index (χ3v) is 6.36. The summed E-state index contributed by atoms with van der Waals surface area (Å²) >= 11 is 0. The monoisotopic (exact) mass is 470 g/mol. The Kier molecular flexibility index (Phi) is 6.12. The van der Waals surface area contributed by atoms with E-state index in [-0.39, 0.29) is 10.8 Å². The zero-order valence-corrected chi connectivity index (χ0v) is 22.0. The molecule has 182 valence electrons. The van der Waals surface area contributed by atoms with Crippen molar-refractivity contribution in [1.29, 1.82) is 0 Å². The van der Waals surface area contributed by atoms with Crippen molar-refractivity contribution in [2.24, 2.45) is 0 Å². The van der Waals surface area contributed by atoms with Gasteiger partial charge in [-0.2, -0.15) is 0 Å². The number of aryl methyl sites for hydroxylation is 2. The summed E-state index contributed by atoms with van der Waals surface area (Å²) in [5.41, 5.74) is 6.16. The maximum absolute atomic E-state index is 13.2. The van der Waals surface area contributed by atoms with Crippen molar-refractivity contribution in [2.45, 2.75) is 72.6 Å². The molecule has 3 aromatic carbocycles.